The Bertz CT molecular complexity index is 1400. The summed E-state index contributed by atoms with van der Waals surface area (Å²) in [6, 6.07) is 46.7. The highest BCUT2D eigenvalue weighted by Crippen LogP contribution is 2.48. The van der Waals surface area contributed by atoms with Gasteiger partial charge in [-0.2, -0.15) is 0 Å². The van der Waals surface area contributed by atoms with Crippen molar-refractivity contribution in [1.29, 1.82) is 0 Å². The fraction of sp³-hybridized carbons (Fsp3) is 0.0323. The van der Waals surface area contributed by atoms with Crippen LogP contribution >= 0.6 is 15.9 Å². The van der Waals surface area contributed by atoms with Gasteiger partial charge >= 0.3 is 0 Å². The Morgan fingerprint density at radius 2 is 1.17 bits per heavy atom. The van der Waals surface area contributed by atoms with Gasteiger partial charge in [-0.15, -0.1) is 0 Å². The summed E-state index contributed by atoms with van der Waals surface area (Å²) in [4.78, 5) is 4.67. The highest BCUT2D eigenvalue weighted by Gasteiger charge is 2.31. The van der Waals surface area contributed by atoms with Crippen molar-refractivity contribution in [3.63, 3.8) is 0 Å². The van der Waals surface area contributed by atoms with Crippen LogP contribution in [0.25, 0.3) is 0 Å². The minimum absolute atomic E-state index is 0.00218. The highest BCUT2D eigenvalue weighted by atomic mass is 79.9. The Morgan fingerprint density at radius 1 is 0.600 bits per heavy atom. The lowest BCUT2D eigenvalue weighted by atomic mass is 10.1. The fourth-order valence-electron chi connectivity index (χ4n) is 4.74. The molecule has 0 radical (unpaired) electrons. The third-order valence-corrected chi connectivity index (χ3v) is 6.72. The van der Waals surface area contributed by atoms with Crippen LogP contribution in [0.4, 0.5) is 34.1 Å². The molecule has 1 unspecified atom stereocenters. The van der Waals surface area contributed by atoms with Gasteiger partial charge in [-0.1, -0.05) is 94.8 Å². The van der Waals surface area contributed by atoms with Crippen molar-refractivity contribution in [1.82, 2.24) is 0 Å². The van der Waals surface area contributed by atoms with Crippen molar-refractivity contribution in [2.75, 3.05) is 15.1 Å². The molecule has 0 saturated heterocycles. The predicted molar refractivity (Wildman–Crippen MR) is 150 cm³/mol. The van der Waals surface area contributed by atoms with Gasteiger partial charge in [-0.3, -0.25) is 0 Å². The average Bonchev–Trinajstić information content (AvgIpc) is 3.30. The molecule has 35 heavy (non-hydrogen) atoms. The normalized spacial score (nSPS) is 14.3. The Morgan fingerprint density at radius 3 is 1.83 bits per heavy atom. The summed E-state index contributed by atoms with van der Waals surface area (Å²) in [5.74, 6) is 0. The van der Waals surface area contributed by atoms with E-state index < -0.39 is 0 Å². The molecule has 1 aliphatic rings. The van der Waals surface area contributed by atoms with Crippen molar-refractivity contribution >= 4 is 50.1 Å². The maximum Gasteiger partial charge on any atom is 0.130 e. The van der Waals surface area contributed by atoms with E-state index in [4.69, 9.17) is 0 Å². The highest BCUT2D eigenvalue weighted by molar-refractivity contribution is 9.10. The van der Waals surface area contributed by atoms with Gasteiger partial charge in [0.1, 0.15) is 6.17 Å². The molecule has 0 spiro atoms. The van der Waals surface area contributed by atoms with Crippen LogP contribution in [0.2, 0.25) is 0 Å². The maximum atomic E-state index is 3.82. The van der Waals surface area contributed by atoms with Crippen LogP contribution in [0.5, 0.6) is 0 Å². The lowest BCUT2D eigenvalue weighted by Gasteiger charge is -2.30. The van der Waals surface area contributed by atoms with Gasteiger partial charge in [0.05, 0.1) is 11.4 Å². The molecular weight excluding hydrogens is 494 g/mol. The first kappa shape index (κ1) is 21.5. The lowest BCUT2D eigenvalue weighted by Crippen LogP contribution is -2.23. The molecule has 0 amide bonds. The van der Waals surface area contributed by atoms with Gasteiger partial charge in [0.2, 0.25) is 0 Å². The van der Waals surface area contributed by atoms with Crippen LogP contribution in [0.15, 0.2) is 138 Å². The number of nitrogens with one attached hydrogen (secondary N) is 1. The Balaban J connectivity index is 1.51. The van der Waals surface area contributed by atoms with Crippen LogP contribution in [0.1, 0.15) is 11.7 Å². The van der Waals surface area contributed by atoms with E-state index in [1.807, 2.05) is 0 Å². The van der Waals surface area contributed by atoms with Crippen molar-refractivity contribution in [3.05, 3.63) is 143 Å². The Labute approximate surface area is 214 Å². The van der Waals surface area contributed by atoms with E-state index in [0.717, 1.165) is 38.6 Å². The maximum absolute atomic E-state index is 3.82. The molecule has 0 fully saturated rings. The molecule has 5 aromatic rings. The number of halogens is 1. The molecule has 1 heterocycles. The molecule has 0 bridgehead atoms. The largest absolute Gasteiger partial charge is 0.359 e. The summed E-state index contributed by atoms with van der Waals surface area (Å²) in [5, 5.41) is 3.73. The third-order valence-electron chi connectivity index (χ3n) is 6.26. The number of benzene rings is 5. The fourth-order valence-corrected chi connectivity index (χ4v) is 5.21. The molecule has 5 aromatic carbocycles. The molecule has 0 aromatic heterocycles. The molecular formula is C31H24BrN3. The molecule has 3 nitrogen and oxygen atoms in total. The summed E-state index contributed by atoms with van der Waals surface area (Å²) in [7, 11) is 0. The second kappa shape index (κ2) is 9.32. The quantitative estimate of drug-likeness (QED) is 0.250. The predicted octanol–water partition coefficient (Wildman–Crippen LogP) is 9.18. The molecule has 4 heteroatoms. The molecule has 6 rings (SSSR count). The number of para-hydroxylation sites is 4. The Kier molecular flexibility index (Phi) is 5.73. The van der Waals surface area contributed by atoms with Gasteiger partial charge in [0, 0.05) is 27.2 Å². The first-order valence-corrected chi connectivity index (χ1v) is 12.5. The SMILES string of the molecule is Brc1cc(N(c2ccccc2)c2ccccc2)cc(N2c3ccccc3NC2c2ccccc2)c1. The molecule has 0 saturated carbocycles. The molecule has 1 aliphatic heterocycles. The van der Waals surface area contributed by atoms with Crippen LogP contribution in [0, 0.1) is 0 Å². The second-order valence-electron chi connectivity index (χ2n) is 8.52. The van der Waals surface area contributed by atoms with Gasteiger partial charge < -0.3 is 15.1 Å². The zero-order chi connectivity index (χ0) is 23.6. The Hall–Kier alpha value is -4.02. The van der Waals surface area contributed by atoms with E-state index in [0.29, 0.717) is 0 Å². The van der Waals surface area contributed by atoms with E-state index in [1.165, 1.54) is 5.56 Å². The van der Waals surface area contributed by atoms with E-state index in [1.54, 1.807) is 0 Å². The van der Waals surface area contributed by atoms with Gasteiger partial charge in [0.25, 0.3) is 0 Å². The molecule has 0 aliphatic carbocycles. The van der Waals surface area contributed by atoms with Crippen LogP contribution < -0.4 is 15.1 Å². The van der Waals surface area contributed by atoms with Crippen LogP contribution in [-0.4, -0.2) is 0 Å². The van der Waals surface area contributed by atoms with Crippen LogP contribution in [-0.2, 0) is 0 Å². The smallest absolute Gasteiger partial charge is 0.130 e. The second-order valence-corrected chi connectivity index (χ2v) is 9.43. The van der Waals surface area contributed by atoms with E-state index >= 15 is 0 Å². The minimum atomic E-state index is -0.00218. The minimum Gasteiger partial charge on any atom is -0.359 e. The number of rotatable bonds is 5. The number of hydrogen-bond donors (Lipinski definition) is 1. The van der Waals surface area contributed by atoms with Crippen molar-refractivity contribution < 1.29 is 0 Å². The number of hydrogen-bond acceptors (Lipinski definition) is 3. The van der Waals surface area contributed by atoms with E-state index in [-0.39, 0.29) is 6.17 Å². The van der Waals surface area contributed by atoms with E-state index in [9.17, 15) is 0 Å². The average molecular weight is 518 g/mol. The summed E-state index contributed by atoms with van der Waals surface area (Å²) in [6.07, 6.45) is -0.00218. The van der Waals surface area contributed by atoms with Crippen molar-refractivity contribution in [2.45, 2.75) is 6.17 Å². The van der Waals surface area contributed by atoms with Gasteiger partial charge in [0.15, 0.2) is 0 Å². The molecule has 1 N–H and O–H groups in total. The van der Waals surface area contributed by atoms with Crippen molar-refractivity contribution in [3.8, 4) is 0 Å². The summed E-state index contributed by atoms with van der Waals surface area (Å²) >= 11 is 3.82. The van der Waals surface area contributed by atoms with E-state index in [2.05, 4.69) is 165 Å². The molecule has 170 valence electrons. The van der Waals surface area contributed by atoms with Gasteiger partial charge in [-0.05, 0) is 60.2 Å². The first-order valence-electron chi connectivity index (χ1n) is 11.7. The number of anilines is 6. The summed E-state index contributed by atoms with van der Waals surface area (Å²) < 4.78 is 1.03. The first-order chi connectivity index (χ1) is 17.3. The third kappa shape index (κ3) is 4.17. The van der Waals surface area contributed by atoms with Crippen molar-refractivity contribution in [2.24, 2.45) is 0 Å². The number of nitrogens with zero attached hydrogens (tertiary/aromatic N) is 2. The molecule has 1 atom stereocenters. The summed E-state index contributed by atoms with van der Waals surface area (Å²) in [6.45, 7) is 0. The standard InChI is InChI=1S/C31H24BrN3/c32-24-20-27(34(25-14-6-2-7-15-25)26-16-8-3-9-17-26)22-28(21-24)35-30-19-11-10-18-29(30)33-31(35)23-12-4-1-5-13-23/h1-22,31,33H. The zero-order valence-electron chi connectivity index (χ0n) is 19.1. The van der Waals surface area contributed by atoms with Gasteiger partial charge in [-0.25, -0.2) is 0 Å². The monoisotopic (exact) mass is 517 g/mol. The number of fused-ring (bicyclic) bond motifs is 1. The summed E-state index contributed by atoms with van der Waals surface area (Å²) in [5.41, 5.74) is 7.93. The topological polar surface area (TPSA) is 18.5 Å². The lowest BCUT2D eigenvalue weighted by molar-refractivity contribution is 0.828. The zero-order valence-corrected chi connectivity index (χ0v) is 20.6. The van der Waals surface area contributed by atoms with Crippen LogP contribution in [0.3, 0.4) is 0 Å².